The summed E-state index contributed by atoms with van der Waals surface area (Å²) in [7, 11) is 0. The summed E-state index contributed by atoms with van der Waals surface area (Å²) < 4.78 is 0. The highest BCUT2D eigenvalue weighted by Crippen LogP contribution is 2.24. The normalized spacial score (nSPS) is 11.3. The molecule has 0 aliphatic carbocycles. The molecule has 0 spiro atoms. The first kappa shape index (κ1) is 26.2. The number of nitrogens with two attached hydrogens (primary N) is 2. The minimum absolute atomic E-state index is 0.227. The van der Waals surface area contributed by atoms with Crippen LogP contribution in [0, 0.1) is 11.3 Å². The molecule has 0 radical (unpaired) electrons. The molecule has 0 saturated heterocycles. The van der Waals surface area contributed by atoms with E-state index in [2.05, 4.69) is 22.0 Å². The summed E-state index contributed by atoms with van der Waals surface area (Å²) in [5, 5.41) is 19.4. The Hall–Kier alpha value is -4.42. The number of rotatable bonds is 12. The first-order chi connectivity index (χ1) is 17.4. The molecule has 3 aromatic rings. The fraction of sp³-hybridized carbons (Fsp3) is 0.259. The number of anilines is 1. The smallest absolute Gasteiger partial charge is 0.253 e. The van der Waals surface area contributed by atoms with Gasteiger partial charge in [-0.2, -0.15) is 5.26 Å². The molecule has 36 heavy (non-hydrogen) atoms. The van der Waals surface area contributed by atoms with Gasteiger partial charge in [0.05, 0.1) is 29.8 Å². The molecule has 3 aromatic carbocycles. The number of nitriles is 1. The Balaban J connectivity index is 1.47. The summed E-state index contributed by atoms with van der Waals surface area (Å²) in [5.74, 6) is -1.22. The molecule has 0 aliphatic rings. The van der Waals surface area contributed by atoms with E-state index in [9.17, 15) is 14.4 Å². The van der Waals surface area contributed by atoms with Gasteiger partial charge in [0.25, 0.3) is 5.91 Å². The van der Waals surface area contributed by atoms with Gasteiger partial charge in [0.1, 0.15) is 0 Å². The lowest BCUT2D eigenvalue weighted by Gasteiger charge is -2.14. The highest BCUT2D eigenvalue weighted by molar-refractivity contribution is 6.05. The van der Waals surface area contributed by atoms with Crippen LogP contribution in [0.2, 0.25) is 0 Å². The average Bonchev–Trinajstić information content (AvgIpc) is 2.88. The van der Waals surface area contributed by atoms with Crippen LogP contribution >= 0.6 is 0 Å². The van der Waals surface area contributed by atoms with E-state index in [1.54, 1.807) is 30.3 Å². The van der Waals surface area contributed by atoms with E-state index in [1.165, 1.54) is 0 Å². The van der Waals surface area contributed by atoms with Crippen molar-refractivity contribution < 1.29 is 14.4 Å². The molecule has 9 heteroatoms. The third kappa shape index (κ3) is 7.55. The van der Waals surface area contributed by atoms with Crippen molar-refractivity contribution in [1.82, 2.24) is 10.6 Å². The highest BCUT2D eigenvalue weighted by atomic mass is 16.2. The number of nitrogens with one attached hydrogen (secondary N) is 3. The fourth-order valence-electron chi connectivity index (χ4n) is 3.71. The van der Waals surface area contributed by atoms with Gasteiger partial charge in [0.15, 0.2) is 0 Å². The first-order valence-electron chi connectivity index (χ1n) is 11.7. The summed E-state index contributed by atoms with van der Waals surface area (Å²) in [4.78, 5) is 36.0. The Morgan fingerprint density at radius 3 is 2.25 bits per heavy atom. The van der Waals surface area contributed by atoms with Crippen LogP contribution in [-0.2, 0) is 16.0 Å². The quantitative estimate of drug-likeness (QED) is 0.245. The maximum absolute atomic E-state index is 12.6. The Morgan fingerprint density at radius 2 is 1.58 bits per heavy atom. The molecule has 0 aromatic heterocycles. The lowest BCUT2D eigenvalue weighted by atomic mass is 10.0. The Kier molecular flexibility index (Phi) is 9.37. The van der Waals surface area contributed by atoms with Gasteiger partial charge in [0.2, 0.25) is 11.8 Å². The van der Waals surface area contributed by atoms with E-state index in [0.717, 1.165) is 29.2 Å². The van der Waals surface area contributed by atoms with Gasteiger partial charge in [-0.1, -0.05) is 36.4 Å². The summed E-state index contributed by atoms with van der Waals surface area (Å²) in [6.45, 7) is 0.824. The largest absolute Gasteiger partial charge is 0.384 e. The van der Waals surface area contributed by atoms with Crippen molar-refractivity contribution in [3.8, 4) is 6.07 Å². The van der Waals surface area contributed by atoms with Crippen LogP contribution in [0.1, 0.15) is 34.3 Å². The number of fused-ring (bicyclic) bond motifs is 1. The molecule has 0 heterocycles. The number of carbonyl (C=O) groups excluding carboxylic acids is 3. The predicted molar refractivity (Wildman–Crippen MR) is 139 cm³/mol. The predicted octanol–water partition coefficient (Wildman–Crippen LogP) is 1.80. The van der Waals surface area contributed by atoms with Crippen LogP contribution in [-0.4, -0.2) is 43.4 Å². The summed E-state index contributed by atoms with van der Waals surface area (Å²) in [6.07, 6.45) is 1.86. The monoisotopic (exact) mass is 486 g/mol. The second kappa shape index (κ2) is 12.9. The average molecular weight is 487 g/mol. The molecule has 0 bridgehead atoms. The van der Waals surface area contributed by atoms with E-state index in [0.29, 0.717) is 36.3 Å². The third-order valence-corrected chi connectivity index (χ3v) is 5.65. The zero-order chi connectivity index (χ0) is 25.9. The third-order valence-electron chi connectivity index (χ3n) is 5.65. The minimum atomic E-state index is -0.671. The number of benzene rings is 3. The van der Waals surface area contributed by atoms with E-state index in [-0.39, 0.29) is 18.4 Å². The molecular formula is C27H30N6O3. The molecule has 0 unspecified atom stereocenters. The molecule has 0 aliphatic heterocycles. The van der Waals surface area contributed by atoms with Crippen LogP contribution in [0.5, 0.6) is 0 Å². The summed E-state index contributed by atoms with van der Waals surface area (Å²) in [5.41, 5.74) is 13.7. The molecule has 0 saturated carbocycles. The van der Waals surface area contributed by atoms with Crippen LogP contribution in [0.25, 0.3) is 10.8 Å². The molecule has 7 N–H and O–H groups in total. The van der Waals surface area contributed by atoms with Crippen LogP contribution in [0.3, 0.4) is 0 Å². The van der Waals surface area contributed by atoms with Gasteiger partial charge < -0.3 is 27.4 Å². The SMILES string of the molecule is N#Cc1ccc(C[C@@H](N)C(=O)NCCCCNc2cc3ccccc3cc2C(=O)NCC(N)=O)cc1. The van der Waals surface area contributed by atoms with Crippen LogP contribution in [0.4, 0.5) is 5.69 Å². The van der Waals surface area contributed by atoms with Crippen molar-refractivity contribution in [3.63, 3.8) is 0 Å². The van der Waals surface area contributed by atoms with Crippen LogP contribution < -0.4 is 27.4 Å². The summed E-state index contributed by atoms with van der Waals surface area (Å²) in [6, 6.07) is 19.8. The summed E-state index contributed by atoms with van der Waals surface area (Å²) >= 11 is 0. The highest BCUT2D eigenvalue weighted by Gasteiger charge is 2.15. The molecule has 9 nitrogen and oxygen atoms in total. The first-order valence-corrected chi connectivity index (χ1v) is 11.7. The number of amides is 3. The topological polar surface area (TPSA) is 163 Å². The Labute approximate surface area is 209 Å². The molecule has 3 rings (SSSR count). The van der Waals surface area contributed by atoms with Gasteiger partial charge >= 0.3 is 0 Å². The maximum atomic E-state index is 12.6. The number of primary amides is 1. The van der Waals surface area contributed by atoms with Crippen LogP contribution in [0.15, 0.2) is 60.7 Å². The number of nitrogens with zero attached hydrogens (tertiary/aromatic N) is 1. The molecule has 3 amide bonds. The number of carbonyl (C=O) groups is 3. The minimum Gasteiger partial charge on any atom is -0.384 e. The Bertz CT molecular complexity index is 1270. The van der Waals surface area contributed by atoms with E-state index in [4.69, 9.17) is 16.7 Å². The lowest BCUT2D eigenvalue weighted by Crippen LogP contribution is -2.42. The maximum Gasteiger partial charge on any atom is 0.253 e. The van der Waals surface area contributed by atoms with E-state index >= 15 is 0 Å². The van der Waals surface area contributed by atoms with E-state index < -0.39 is 11.9 Å². The van der Waals surface area contributed by atoms with Gasteiger partial charge in [0, 0.05) is 18.8 Å². The molecular weight excluding hydrogens is 456 g/mol. The van der Waals surface area contributed by atoms with Gasteiger partial charge in [-0.05, 0) is 59.9 Å². The van der Waals surface area contributed by atoms with Crippen molar-refractivity contribution in [3.05, 3.63) is 77.4 Å². The zero-order valence-electron chi connectivity index (χ0n) is 19.9. The van der Waals surface area contributed by atoms with Gasteiger partial charge in [-0.15, -0.1) is 0 Å². The fourth-order valence-corrected chi connectivity index (χ4v) is 3.71. The van der Waals surface area contributed by atoms with E-state index in [1.807, 2.05) is 30.3 Å². The second-order valence-electron chi connectivity index (χ2n) is 8.44. The zero-order valence-corrected chi connectivity index (χ0v) is 19.9. The van der Waals surface area contributed by atoms with Crippen molar-refractivity contribution in [2.24, 2.45) is 11.5 Å². The number of hydrogen-bond acceptors (Lipinski definition) is 6. The van der Waals surface area contributed by atoms with Crippen molar-refractivity contribution in [2.75, 3.05) is 25.0 Å². The molecule has 1 atom stereocenters. The van der Waals surface area contributed by atoms with Crippen molar-refractivity contribution in [1.29, 1.82) is 5.26 Å². The van der Waals surface area contributed by atoms with Gasteiger partial charge in [-0.3, -0.25) is 14.4 Å². The molecule has 186 valence electrons. The van der Waals surface area contributed by atoms with Crippen molar-refractivity contribution in [2.45, 2.75) is 25.3 Å². The lowest BCUT2D eigenvalue weighted by molar-refractivity contribution is -0.122. The standard InChI is InChI=1S/C27H30N6O3/c28-16-19-9-7-18(8-10-19)13-23(29)27(36)32-12-4-3-11-31-24-15-21-6-2-1-5-20(21)14-22(24)26(35)33-17-25(30)34/h1-2,5-10,14-15,23,31H,3-4,11-13,17,29H2,(H2,30,34)(H,32,36)(H,33,35)/t23-/m1/s1. The van der Waals surface area contributed by atoms with Gasteiger partial charge in [-0.25, -0.2) is 0 Å². The number of unbranched alkanes of at least 4 members (excludes halogenated alkanes) is 1. The molecule has 0 fully saturated rings. The Morgan fingerprint density at radius 1 is 0.917 bits per heavy atom. The second-order valence-corrected chi connectivity index (χ2v) is 8.44. The number of hydrogen-bond donors (Lipinski definition) is 5. The van der Waals surface area contributed by atoms with Crippen molar-refractivity contribution >= 4 is 34.2 Å².